The Balaban J connectivity index is 0.000000457. The van der Waals surface area contributed by atoms with Crippen molar-refractivity contribution in [3.05, 3.63) is 0 Å². The quantitative estimate of drug-likeness (QED) is 0.659. The molecule has 0 aromatic carbocycles. The molecule has 0 radical (unpaired) electrons. The zero-order valence-corrected chi connectivity index (χ0v) is 10.8. The maximum Gasteiger partial charge on any atom is 0.0319 e. The molecular formula is C15H28O. The molecule has 94 valence electrons. The first-order valence-corrected chi connectivity index (χ1v) is 7.40. The molecule has 0 bridgehead atoms. The summed E-state index contributed by atoms with van der Waals surface area (Å²) in [5.41, 5.74) is 0. The molecule has 3 aliphatic rings. The van der Waals surface area contributed by atoms with Crippen LogP contribution in [0.2, 0.25) is 0 Å². The predicted octanol–water partition coefficient (Wildman–Crippen LogP) is 4.00. The van der Waals surface area contributed by atoms with Gasteiger partial charge in [-0.05, 0) is 49.4 Å². The second-order valence-electron chi connectivity index (χ2n) is 5.99. The van der Waals surface area contributed by atoms with Crippen LogP contribution in [0.1, 0.15) is 64.2 Å². The van der Waals surface area contributed by atoms with Crippen LogP contribution in [0.5, 0.6) is 0 Å². The Kier molecular flexibility index (Phi) is 4.69. The normalized spacial score (nSPS) is 42.4. The molecule has 16 heavy (non-hydrogen) atoms. The van der Waals surface area contributed by atoms with Gasteiger partial charge in [0.15, 0.2) is 0 Å². The smallest absolute Gasteiger partial charge is 0.0319 e. The van der Waals surface area contributed by atoms with E-state index >= 15 is 0 Å². The highest BCUT2D eigenvalue weighted by molar-refractivity contribution is 4.91. The zero-order valence-electron chi connectivity index (χ0n) is 10.8. The minimum absolute atomic E-state index is 1.00. The lowest BCUT2D eigenvalue weighted by Gasteiger charge is -2.48. The second kappa shape index (κ2) is 6.05. The van der Waals surface area contributed by atoms with Crippen molar-refractivity contribution in [2.45, 2.75) is 64.2 Å². The Labute approximate surface area is 101 Å². The van der Waals surface area contributed by atoms with Gasteiger partial charge in [0.25, 0.3) is 0 Å². The number of hydrogen-bond acceptors (Lipinski definition) is 1. The lowest BCUT2D eigenvalue weighted by atomic mass is 9.58. The average molecular weight is 224 g/mol. The first-order valence-electron chi connectivity index (χ1n) is 7.40. The van der Waals surface area contributed by atoms with Crippen molar-refractivity contribution in [2.24, 2.45) is 23.7 Å². The van der Waals surface area contributed by atoms with E-state index in [1.54, 1.807) is 64.2 Å². The highest BCUT2D eigenvalue weighted by Crippen LogP contribution is 2.51. The maximum atomic E-state index is 7.00. The van der Waals surface area contributed by atoms with Crippen molar-refractivity contribution >= 4 is 0 Å². The summed E-state index contributed by atoms with van der Waals surface area (Å²) in [4.78, 5) is 0. The molecule has 4 unspecified atom stereocenters. The standard InChI is InChI=1S/C14H24.CH4O/c1-3-7-13-11(5-1)9-10-12-6-2-4-8-14(12)13;1-2/h11-14H,1-10H2;2H,1H3. The van der Waals surface area contributed by atoms with Crippen LogP contribution in [0.15, 0.2) is 0 Å². The molecule has 0 heterocycles. The molecule has 3 aliphatic carbocycles. The van der Waals surface area contributed by atoms with Gasteiger partial charge in [0.2, 0.25) is 0 Å². The Morgan fingerprint density at radius 1 is 0.562 bits per heavy atom. The fourth-order valence-electron chi connectivity index (χ4n) is 4.74. The molecule has 4 atom stereocenters. The van der Waals surface area contributed by atoms with Crippen LogP contribution < -0.4 is 0 Å². The van der Waals surface area contributed by atoms with E-state index in [1.807, 2.05) is 0 Å². The Morgan fingerprint density at radius 3 is 1.38 bits per heavy atom. The van der Waals surface area contributed by atoms with Gasteiger partial charge in [0.05, 0.1) is 0 Å². The highest BCUT2D eigenvalue weighted by Gasteiger charge is 2.40. The zero-order chi connectivity index (χ0) is 11.4. The summed E-state index contributed by atoms with van der Waals surface area (Å²) >= 11 is 0. The van der Waals surface area contributed by atoms with Gasteiger partial charge in [0, 0.05) is 7.11 Å². The Bertz CT molecular complexity index is 180. The number of aliphatic hydroxyl groups is 1. The lowest BCUT2D eigenvalue weighted by molar-refractivity contribution is 0.0278. The monoisotopic (exact) mass is 224 g/mol. The van der Waals surface area contributed by atoms with Gasteiger partial charge in [-0.1, -0.05) is 38.5 Å². The van der Waals surface area contributed by atoms with Crippen molar-refractivity contribution in [3.63, 3.8) is 0 Å². The van der Waals surface area contributed by atoms with Gasteiger partial charge in [-0.25, -0.2) is 0 Å². The van der Waals surface area contributed by atoms with Gasteiger partial charge in [-0.2, -0.15) is 0 Å². The van der Waals surface area contributed by atoms with E-state index in [2.05, 4.69) is 0 Å². The minimum atomic E-state index is 1.00. The summed E-state index contributed by atoms with van der Waals surface area (Å²) < 4.78 is 0. The third-order valence-electron chi connectivity index (χ3n) is 5.39. The topological polar surface area (TPSA) is 20.2 Å². The molecule has 0 aliphatic heterocycles. The fraction of sp³-hybridized carbons (Fsp3) is 1.00. The number of aliphatic hydroxyl groups excluding tert-OH is 1. The molecule has 0 aromatic rings. The first kappa shape index (κ1) is 12.4. The number of hydrogen-bond donors (Lipinski definition) is 1. The van der Waals surface area contributed by atoms with Crippen LogP contribution in [0.3, 0.4) is 0 Å². The molecular weight excluding hydrogens is 196 g/mol. The fourth-order valence-corrected chi connectivity index (χ4v) is 4.74. The Morgan fingerprint density at radius 2 is 0.938 bits per heavy atom. The second-order valence-corrected chi connectivity index (χ2v) is 5.99. The van der Waals surface area contributed by atoms with Gasteiger partial charge in [-0.15, -0.1) is 0 Å². The molecule has 0 spiro atoms. The third kappa shape index (κ3) is 2.45. The number of rotatable bonds is 0. The molecule has 1 nitrogen and oxygen atoms in total. The summed E-state index contributed by atoms with van der Waals surface area (Å²) in [7, 11) is 1.00. The van der Waals surface area contributed by atoms with Gasteiger partial charge in [-0.3, -0.25) is 0 Å². The van der Waals surface area contributed by atoms with Gasteiger partial charge < -0.3 is 5.11 Å². The van der Waals surface area contributed by atoms with Crippen LogP contribution in [-0.4, -0.2) is 12.2 Å². The van der Waals surface area contributed by atoms with Crippen LogP contribution >= 0.6 is 0 Å². The van der Waals surface area contributed by atoms with Crippen LogP contribution in [0, 0.1) is 23.7 Å². The largest absolute Gasteiger partial charge is 0.400 e. The summed E-state index contributed by atoms with van der Waals surface area (Å²) in [5.74, 6) is 4.65. The predicted molar refractivity (Wildman–Crippen MR) is 68.3 cm³/mol. The molecule has 1 heteroatoms. The van der Waals surface area contributed by atoms with E-state index in [1.165, 1.54) is 11.8 Å². The molecule has 3 saturated carbocycles. The average Bonchev–Trinajstić information content (AvgIpc) is 2.41. The van der Waals surface area contributed by atoms with E-state index in [0.29, 0.717) is 0 Å². The van der Waals surface area contributed by atoms with Crippen LogP contribution in [-0.2, 0) is 0 Å². The van der Waals surface area contributed by atoms with E-state index < -0.39 is 0 Å². The van der Waals surface area contributed by atoms with Crippen molar-refractivity contribution in [1.82, 2.24) is 0 Å². The van der Waals surface area contributed by atoms with E-state index in [9.17, 15) is 0 Å². The highest BCUT2D eigenvalue weighted by atomic mass is 16.2. The molecule has 1 N–H and O–H groups in total. The third-order valence-corrected chi connectivity index (χ3v) is 5.39. The maximum absolute atomic E-state index is 7.00. The molecule has 0 aromatic heterocycles. The SMILES string of the molecule is C1CCC2C(C1)CCC1CCCCC12.CO. The summed E-state index contributed by atoms with van der Waals surface area (Å²) in [6.07, 6.45) is 15.7. The molecule has 0 saturated heterocycles. The van der Waals surface area contributed by atoms with Crippen molar-refractivity contribution in [3.8, 4) is 0 Å². The summed E-state index contributed by atoms with van der Waals surface area (Å²) in [6.45, 7) is 0. The summed E-state index contributed by atoms with van der Waals surface area (Å²) in [5, 5.41) is 7.00. The van der Waals surface area contributed by atoms with Crippen molar-refractivity contribution < 1.29 is 5.11 Å². The van der Waals surface area contributed by atoms with Crippen LogP contribution in [0.4, 0.5) is 0 Å². The van der Waals surface area contributed by atoms with Crippen molar-refractivity contribution in [2.75, 3.05) is 7.11 Å². The van der Waals surface area contributed by atoms with E-state index in [-0.39, 0.29) is 0 Å². The molecule has 3 fully saturated rings. The molecule has 3 rings (SSSR count). The Hall–Kier alpha value is -0.0400. The minimum Gasteiger partial charge on any atom is -0.400 e. The van der Waals surface area contributed by atoms with E-state index in [4.69, 9.17) is 5.11 Å². The molecule has 0 amide bonds. The van der Waals surface area contributed by atoms with Gasteiger partial charge in [0.1, 0.15) is 0 Å². The van der Waals surface area contributed by atoms with Crippen LogP contribution in [0.25, 0.3) is 0 Å². The van der Waals surface area contributed by atoms with Gasteiger partial charge >= 0.3 is 0 Å². The summed E-state index contributed by atoms with van der Waals surface area (Å²) in [6, 6.07) is 0. The van der Waals surface area contributed by atoms with Crippen molar-refractivity contribution in [1.29, 1.82) is 0 Å². The number of fused-ring (bicyclic) bond motifs is 3. The first-order chi connectivity index (χ1) is 7.95. The lowest BCUT2D eigenvalue weighted by Crippen LogP contribution is -2.38. The van der Waals surface area contributed by atoms with E-state index in [0.717, 1.165) is 18.9 Å².